The fourth-order valence-electron chi connectivity index (χ4n) is 2.36. The molecule has 23 heavy (non-hydrogen) atoms. The maximum absolute atomic E-state index is 9.40. The van der Waals surface area contributed by atoms with Crippen LogP contribution in [0, 0.1) is 0 Å². The Morgan fingerprint density at radius 3 is 2.52 bits per heavy atom. The molecule has 0 fully saturated rings. The van der Waals surface area contributed by atoms with Crippen LogP contribution in [0.4, 0.5) is 0 Å². The highest BCUT2D eigenvalue weighted by molar-refractivity contribution is 5.46. The smallest absolute Gasteiger partial charge is 0.170 e. The first-order valence-electron chi connectivity index (χ1n) is 8.11. The minimum Gasteiger partial charge on any atom is -0.490 e. The van der Waals surface area contributed by atoms with E-state index < -0.39 is 0 Å². The van der Waals surface area contributed by atoms with E-state index in [0.29, 0.717) is 19.8 Å². The van der Waals surface area contributed by atoms with E-state index in [-0.39, 0.29) is 6.10 Å². The van der Waals surface area contributed by atoms with Crippen molar-refractivity contribution in [3.8, 4) is 11.5 Å². The lowest BCUT2D eigenvalue weighted by molar-refractivity contribution is -0.676. The standard InChI is InChI=1S/C19H25NO3/c1-3-22-18-11-7-10-17(13-20-12-15(2)21)19(18)23-14-16-8-5-4-6-9-16/h4-11,15,20-21H,3,12-14H2,1-2H3/p+1/t15-/m0/s1. The average Bonchev–Trinajstić information content (AvgIpc) is 2.55. The summed E-state index contributed by atoms with van der Waals surface area (Å²) >= 11 is 0. The third-order valence-corrected chi connectivity index (χ3v) is 3.46. The number of hydrogen-bond acceptors (Lipinski definition) is 3. The summed E-state index contributed by atoms with van der Waals surface area (Å²) in [5, 5.41) is 11.5. The Kier molecular flexibility index (Phi) is 6.91. The first kappa shape index (κ1) is 17.3. The molecule has 0 aliphatic heterocycles. The molecule has 0 bridgehead atoms. The van der Waals surface area contributed by atoms with E-state index >= 15 is 0 Å². The Bertz CT molecular complexity index is 584. The van der Waals surface area contributed by atoms with Gasteiger partial charge in [-0.05, 0) is 31.5 Å². The lowest BCUT2D eigenvalue weighted by Crippen LogP contribution is -2.84. The van der Waals surface area contributed by atoms with Crippen LogP contribution in [0.2, 0.25) is 0 Å². The predicted octanol–water partition coefficient (Wildman–Crippen LogP) is 2.11. The molecule has 2 aromatic rings. The molecule has 4 heteroatoms. The van der Waals surface area contributed by atoms with Gasteiger partial charge >= 0.3 is 0 Å². The number of nitrogens with two attached hydrogens (primary N) is 1. The van der Waals surface area contributed by atoms with Gasteiger partial charge in [0.15, 0.2) is 11.5 Å². The Morgan fingerprint density at radius 1 is 1.04 bits per heavy atom. The van der Waals surface area contributed by atoms with E-state index in [0.717, 1.165) is 29.2 Å². The first-order valence-corrected chi connectivity index (χ1v) is 8.11. The average molecular weight is 316 g/mol. The first-order chi connectivity index (χ1) is 11.2. The van der Waals surface area contributed by atoms with Gasteiger partial charge in [-0.2, -0.15) is 0 Å². The summed E-state index contributed by atoms with van der Waals surface area (Å²) < 4.78 is 11.8. The maximum Gasteiger partial charge on any atom is 0.170 e. The Labute approximate surface area is 138 Å². The van der Waals surface area contributed by atoms with E-state index in [1.54, 1.807) is 6.92 Å². The Hall–Kier alpha value is -2.04. The van der Waals surface area contributed by atoms with Gasteiger partial charge in [-0.25, -0.2) is 0 Å². The lowest BCUT2D eigenvalue weighted by atomic mass is 10.1. The molecule has 4 nitrogen and oxygen atoms in total. The van der Waals surface area contributed by atoms with Crippen molar-refractivity contribution in [2.45, 2.75) is 33.1 Å². The van der Waals surface area contributed by atoms with Gasteiger partial charge in [-0.15, -0.1) is 0 Å². The van der Waals surface area contributed by atoms with Crippen molar-refractivity contribution in [1.29, 1.82) is 0 Å². The molecule has 1 atom stereocenters. The second-order valence-corrected chi connectivity index (χ2v) is 5.53. The van der Waals surface area contributed by atoms with E-state index in [1.165, 1.54) is 0 Å². The van der Waals surface area contributed by atoms with Crippen LogP contribution < -0.4 is 14.8 Å². The largest absolute Gasteiger partial charge is 0.490 e. The molecule has 3 N–H and O–H groups in total. The topological polar surface area (TPSA) is 55.3 Å². The minimum atomic E-state index is -0.321. The van der Waals surface area contributed by atoms with Gasteiger partial charge in [0.25, 0.3) is 0 Å². The molecule has 0 radical (unpaired) electrons. The van der Waals surface area contributed by atoms with Crippen molar-refractivity contribution in [2.24, 2.45) is 0 Å². The van der Waals surface area contributed by atoms with Crippen LogP contribution in [0.5, 0.6) is 11.5 Å². The van der Waals surface area contributed by atoms with E-state index in [2.05, 4.69) is 5.32 Å². The number of para-hydroxylation sites is 1. The second kappa shape index (κ2) is 9.18. The fraction of sp³-hybridized carbons (Fsp3) is 0.368. The third kappa shape index (κ3) is 5.58. The van der Waals surface area contributed by atoms with E-state index in [9.17, 15) is 5.11 Å². The number of benzene rings is 2. The molecule has 0 aromatic heterocycles. The van der Waals surface area contributed by atoms with Crippen molar-refractivity contribution < 1.29 is 19.9 Å². The Balaban J connectivity index is 2.12. The summed E-state index contributed by atoms with van der Waals surface area (Å²) in [6, 6.07) is 16.0. The van der Waals surface area contributed by atoms with Gasteiger partial charge in [0.05, 0.1) is 18.3 Å². The monoisotopic (exact) mass is 316 g/mol. The molecular formula is C19H26NO3+. The minimum absolute atomic E-state index is 0.321. The molecule has 0 heterocycles. The summed E-state index contributed by atoms with van der Waals surface area (Å²) in [7, 11) is 0. The zero-order valence-corrected chi connectivity index (χ0v) is 13.9. The zero-order valence-electron chi connectivity index (χ0n) is 13.9. The van der Waals surface area contributed by atoms with Crippen LogP contribution >= 0.6 is 0 Å². The quantitative estimate of drug-likeness (QED) is 0.745. The summed E-state index contributed by atoms with van der Waals surface area (Å²) in [4.78, 5) is 0. The number of quaternary nitrogens is 1. The van der Waals surface area contributed by atoms with Crippen LogP contribution in [0.15, 0.2) is 48.5 Å². The van der Waals surface area contributed by atoms with Crippen molar-refractivity contribution in [3.63, 3.8) is 0 Å². The van der Waals surface area contributed by atoms with Gasteiger partial charge in [-0.1, -0.05) is 36.4 Å². The number of hydrogen-bond donors (Lipinski definition) is 2. The van der Waals surface area contributed by atoms with Gasteiger partial charge in [0.1, 0.15) is 19.7 Å². The molecule has 124 valence electrons. The maximum atomic E-state index is 9.40. The Morgan fingerprint density at radius 2 is 1.83 bits per heavy atom. The molecule has 0 spiro atoms. The molecule has 2 rings (SSSR count). The molecule has 0 unspecified atom stereocenters. The van der Waals surface area contributed by atoms with Crippen molar-refractivity contribution >= 4 is 0 Å². The van der Waals surface area contributed by atoms with Gasteiger partial charge in [0.2, 0.25) is 0 Å². The summed E-state index contributed by atoms with van der Waals surface area (Å²) in [6.45, 7) is 6.27. The third-order valence-electron chi connectivity index (χ3n) is 3.46. The van der Waals surface area contributed by atoms with Crippen LogP contribution in [0.1, 0.15) is 25.0 Å². The van der Waals surface area contributed by atoms with Gasteiger partial charge < -0.3 is 19.9 Å². The van der Waals surface area contributed by atoms with Crippen molar-refractivity contribution in [2.75, 3.05) is 13.2 Å². The fourth-order valence-corrected chi connectivity index (χ4v) is 2.36. The molecule has 0 aliphatic carbocycles. The lowest BCUT2D eigenvalue weighted by Gasteiger charge is -2.15. The normalized spacial score (nSPS) is 12.0. The predicted molar refractivity (Wildman–Crippen MR) is 90.6 cm³/mol. The molecule has 0 saturated carbocycles. The highest BCUT2D eigenvalue weighted by Gasteiger charge is 2.13. The number of ether oxygens (including phenoxy) is 2. The highest BCUT2D eigenvalue weighted by Crippen LogP contribution is 2.31. The van der Waals surface area contributed by atoms with E-state index in [4.69, 9.17) is 9.47 Å². The molecular weight excluding hydrogens is 290 g/mol. The molecule has 0 amide bonds. The van der Waals surface area contributed by atoms with Crippen molar-refractivity contribution in [3.05, 3.63) is 59.7 Å². The van der Waals surface area contributed by atoms with Crippen LogP contribution in [0.3, 0.4) is 0 Å². The summed E-state index contributed by atoms with van der Waals surface area (Å²) in [5.41, 5.74) is 2.20. The number of aliphatic hydroxyl groups excluding tert-OH is 1. The van der Waals surface area contributed by atoms with Crippen LogP contribution in [-0.4, -0.2) is 24.4 Å². The molecule has 2 aromatic carbocycles. The van der Waals surface area contributed by atoms with Crippen LogP contribution in [-0.2, 0) is 13.2 Å². The number of rotatable bonds is 9. The zero-order chi connectivity index (χ0) is 16.5. The SMILES string of the molecule is CCOc1cccc(C[NH2+]C[C@H](C)O)c1OCc1ccccc1. The summed E-state index contributed by atoms with van der Waals surface area (Å²) in [5.74, 6) is 1.56. The summed E-state index contributed by atoms with van der Waals surface area (Å²) in [6.07, 6.45) is -0.321. The van der Waals surface area contributed by atoms with E-state index in [1.807, 2.05) is 55.5 Å². The van der Waals surface area contributed by atoms with Crippen LogP contribution in [0.25, 0.3) is 0 Å². The highest BCUT2D eigenvalue weighted by atomic mass is 16.5. The van der Waals surface area contributed by atoms with Gasteiger partial charge in [0, 0.05) is 0 Å². The molecule has 0 saturated heterocycles. The van der Waals surface area contributed by atoms with Gasteiger partial charge in [-0.3, -0.25) is 0 Å². The molecule has 0 aliphatic rings. The van der Waals surface area contributed by atoms with Crippen molar-refractivity contribution in [1.82, 2.24) is 0 Å². The second-order valence-electron chi connectivity index (χ2n) is 5.53. The number of aliphatic hydroxyl groups is 1.